The van der Waals surface area contributed by atoms with Crippen molar-refractivity contribution in [1.82, 2.24) is 10.2 Å². The summed E-state index contributed by atoms with van der Waals surface area (Å²) in [5.74, 6) is 0.763. The van der Waals surface area contributed by atoms with E-state index in [4.69, 9.17) is 5.73 Å². The topological polar surface area (TPSA) is 102 Å². The largest absolute Gasteiger partial charge is 0.393 e. The van der Waals surface area contributed by atoms with Gasteiger partial charge in [0.2, 0.25) is 0 Å². The first-order chi connectivity index (χ1) is 9.97. The highest BCUT2D eigenvalue weighted by molar-refractivity contribution is 6.01. The van der Waals surface area contributed by atoms with Crippen LogP contribution in [0.25, 0.3) is 0 Å². The van der Waals surface area contributed by atoms with Crippen LogP contribution in [-0.4, -0.2) is 41.9 Å². The fraction of sp³-hybridized carbons (Fsp3) is 0.500. The van der Waals surface area contributed by atoms with E-state index in [1.165, 1.54) is 6.07 Å². The van der Waals surface area contributed by atoms with E-state index in [0.29, 0.717) is 30.5 Å². The molecular formula is C14H18N4O3. The van der Waals surface area contributed by atoms with E-state index in [1.54, 1.807) is 17.9 Å². The van der Waals surface area contributed by atoms with Crippen LogP contribution in [0.5, 0.6) is 0 Å². The maximum atomic E-state index is 12.6. The van der Waals surface area contributed by atoms with Gasteiger partial charge in [-0.15, -0.1) is 0 Å². The van der Waals surface area contributed by atoms with E-state index in [2.05, 4.69) is 5.32 Å². The Kier molecular flexibility index (Phi) is 3.29. The number of nitrogen functional groups attached to an aromatic ring is 1. The summed E-state index contributed by atoms with van der Waals surface area (Å²) in [4.78, 5) is 24.9. The summed E-state index contributed by atoms with van der Waals surface area (Å²) in [5.41, 5.74) is 6.52. The molecule has 1 aromatic rings. The summed E-state index contributed by atoms with van der Waals surface area (Å²) < 4.78 is 0. The Hall–Kier alpha value is -2.15. The van der Waals surface area contributed by atoms with Gasteiger partial charge in [0.05, 0.1) is 10.5 Å². The molecule has 0 bridgehead atoms. The Labute approximate surface area is 122 Å². The van der Waals surface area contributed by atoms with Crippen LogP contribution in [0, 0.1) is 28.9 Å². The van der Waals surface area contributed by atoms with Gasteiger partial charge in [0, 0.05) is 32.2 Å². The molecule has 2 fully saturated rings. The van der Waals surface area contributed by atoms with Gasteiger partial charge in [-0.05, 0) is 30.4 Å². The number of aryl methyl sites for hydroxylation is 1. The van der Waals surface area contributed by atoms with E-state index in [0.717, 1.165) is 13.1 Å². The number of carbonyl (C=O) groups excluding carboxylic acids is 1. The number of carbonyl (C=O) groups is 1. The summed E-state index contributed by atoms with van der Waals surface area (Å²) in [6, 6.07) is 3.03. The molecule has 2 heterocycles. The van der Waals surface area contributed by atoms with Crippen LogP contribution >= 0.6 is 0 Å². The maximum absolute atomic E-state index is 12.6. The van der Waals surface area contributed by atoms with Crippen LogP contribution in [0.3, 0.4) is 0 Å². The van der Waals surface area contributed by atoms with Gasteiger partial charge in [-0.3, -0.25) is 14.9 Å². The van der Waals surface area contributed by atoms with Crippen molar-refractivity contribution in [1.29, 1.82) is 0 Å². The Morgan fingerprint density at radius 1 is 1.38 bits per heavy atom. The highest BCUT2D eigenvalue weighted by Crippen LogP contribution is 2.31. The zero-order valence-electron chi connectivity index (χ0n) is 11.8. The Balaban J connectivity index is 1.90. The molecule has 21 heavy (non-hydrogen) atoms. The van der Waals surface area contributed by atoms with Crippen molar-refractivity contribution >= 4 is 17.3 Å². The molecular weight excluding hydrogens is 272 g/mol. The number of likely N-dealkylation sites (tertiary alicyclic amines) is 1. The number of nitrogens with zero attached hydrogens (tertiary/aromatic N) is 2. The van der Waals surface area contributed by atoms with Crippen molar-refractivity contribution < 1.29 is 9.72 Å². The predicted molar refractivity (Wildman–Crippen MR) is 78.0 cm³/mol. The molecule has 2 atom stereocenters. The fourth-order valence-electron chi connectivity index (χ4n) is 3.30. The first kappa shape index (κ1) is 13.8. The van der Waals surface area contributed by atoms with Crippen LogP contribution in [0.1, 0.15) is 15.9 Å². The quantitative estimate of drug-likeness (QED) is 0.476. The van der Waals surface area contributed by atoms with E-state index in [1.807, 2.05) is 0 Å². The molecule has 3 N–H and O–H groups in total. The SMILES string of the molecule is Cc1cc(C(=O)N2C[C@H]3CNC[C@H]3C2)c(N)c([N+](=O)[O-])c1. The van der Waals surface area contributed by atoms with Crippen molar-refractivity contribution in [2.24, 2.45) is 11.8 Å². The van der Waals surface area contributed by atoms with Gasteiger partial charge < -0.3 is 16.0 Å². The van der Waals surface area contributed by atoms with Crippen LogP contribution < -0.4 is 11.1 Å². The third-order valence-electron chi connectivity index (χ3n) is 4.41. The predicted octanol–water partition coefficient (Wildman–Crippen LogP) is 0.777. The maximum Gasteiger partial charge on any atom is 0.293 e. The molecule has 2 aliphatic heterocycles. The van der Waals surface area contributed by atoms with Gasteiger partial charge in [0.25, 0.3) is 11.6 Å². The molecule has 0 aliphatic carbocycles. The second-order valence-electron chi connectivity index (χ2n) is 5.89. The summed E-state index contributed by atoms with van der Waals surface area (Å²) in [7, 11) is 0. The molecule has 112 valence electrons. The van der Waals surface area contributed by atoms with Crippen LogP contribution in [0.2, 0.25) is 0 Å². The smallest absolute Gasteiger partial charge is 0.293 e. The molecule has 7 nitrogen and oxygen atoms in total. The average molecular weight is 290 g/mol. The molecule has 0 radical (unpaired) electrons. The van der Waals surface area contributed by atoms with E-state index < -0.39 is 4.92 Å². The lowest BCUT2D eigenvalue weighted by molar-refractivity contribution is -0.384. The number of hydrogen-bond acceptors (Lipinski definition) is 5. The lowest BCUT2D eigenvalue weighted by Crippen LogP contribution is -2.32. The highest BCUT2D eigenvalue weighted by atomic mass is 16.6. The molecule has 2 saturated heterocycles. The van der Waals surface area contributed by atoms with Gasteiger partial charge >= 0.3 is 0 Å². The third kappa shape index (κ3) is 2.33. The van der Waals surface area contributed by atoms with Crippen LogP contribution in [0.15, 0.2) is 12.1 Å². The van der Waals surface area contributed by atoms with Crippen LogP contribution in [-0.2, 0) is 0 Å². The minimum Gasteiger partial charge on any atom is -0.393 e. The third-order valence-corrected chi connectivity index (χ3v) is 4.41. The molecule has 0 spiro atoms. The van der Waals surface area contributed by atoms with Crippen molar-refractivity contribution in [3.05, 3.63) is 33.4 Å². The fourth-order valence-corrected chi connectivity index (χ4v) is 3.30. The van der Waals surface area contributed by atoms with Crippen molar-refractivity contribution in [3.63, 3.8) is 0 Å². The minimum absolute atomic E-state index is 0.0363. The second kappa shape index (κ2) is 5.00. The van der Waals surface area contributed by atoms with Gasteiger partial charge in [-0.25, -0.2) is 0 Å². The highest BCUT2D eigenvalue weighted by Gasteiger charge is 2.39. The number of fused-ring (bicyclic) bond motifs is 1. The Morgan fingerprint density at radius 2 is 2.00 bits per heavy atom. The number of hydrogen-bond donors (Lipinski definition) is 2. The zero-order chi connectivity index (χ0) is 15.1. The molecule has 3 rings (SSSR count). The monoisotopic (exact) mass is 290 g/mol. The van der Waals surface area contributed by atoms with Crippen LogP contribution in [0.4, 0.5) is 11.4 Å². The number of nitro groups is 1. The molecule has 1 amide bonds. The molecule has 0 saturated carbocycles. The number of rotatable bonds is 2. The lowest BCUT2D eigenvalue weighted by atomic mass is 10.0. The number of benzene rings is 1. The summed E-state index contributed by atoms with van der Waals surface area (Å²) in [6.45, 7) is 4.97. The van der Waals surface area contributed by atoms with Crippen molar-refractivity contribution in [3.8, 4) is 0 Å². The first-order valence-electron chi connectivity index (χ1n) is 7.02. The number of nitrogens with two attached hydrogens (primary N) is 1. The summed E-state index contributed by atoms with van der Waals surface area (Å²) in [6.07, 6.45) is 0. The summed E-state index contributed by atoms with van der Waals surface area (Å²) >= 11 is 0. The van der Waals surface area contributed by atoms with Gasteiger partial charge in [-0.2, -0.15) is 0 Å². The van der Waals surface area contributed by atoms with Gasteiger partial charge in [0.15, 0.2) is 0 Å². The van der Waals surface area contributed by atoms with E-state index in [9.17, 15) is 14.9 Å². The van der Waals surface area contributed by atoms with E-state index >= 15 is 0 Å². The average Bonchev–Trinajstić information content (AvgIpc) is 3.00. The molecule has 0 unspecified atom stereocenters. The first-order valence-corrected chi connectivity index (χ1v) is 7.02. The standard InChI is InChI=1S/C14H18N4O3/c1-8-2-11(13(15)12(3-8)18(20)21)14(19)17-6-9-4-16-5-10(9)7-17/h2-3,9-10,16H,4-7,15H2,1H3/t9-,10+. The Morgan fingerprint density at radius 3 is 2.57 bits per heavy atom. The number of amides is 1. The normalized spacial score (nSPS) is 24.1. The van der Waals surface area contributed by atoms with Gasteiger partial charge in [0.1, 0.15) is 5.69 Å². The van der Waals surface area contributed by atoms with Crippen molar-refractivity contribution in [2.75, 3.05) is 31.9 Å². The zero-order valence-corrected chi connectivity index (χ0v) is 11.8. The number of nitro benzene ring substituents is 1. The Bertz CT molecular complexity index is 604. The second-order valence-corrected chi connectivity index (χ2v) is 5.89. The molecule has 7 heteroatoms. The van der Waals surface area contributed by atoms with Crippen molar-refractivity contribution in [2.45, 2.75) is 6.92 Å². The molecule has 2 aliphatic rings. The number of anilines is 1. The molecule has 0 aromatic heterocycles. The lowest BCUT2D eigenvalue weighted by Gasteiger charge is -2.18. The van der Waals surface area contributed by atoms with Gasteiger partial charge in [-0.1, -0.05) is 0 Å². The number of nitrogens with one attached hydrogen (secondary N) is 1. The summed E-state index contributed by atoms with van der Waals surface area (Å²) in [5, 5.41) is 14.3. The van der Waals surface area contributed by atoms with E-state index in [-0.39, 0.29) is 22.8 Å². The minimum atomic E-state index is -0.540. The molecule has 1 aromatic carbocycles.